The molecule has 0 saturated carbocycles. The summed E-state index contributed by atoms with van der Waals surface area (Å²) >= 11 is 5.09. The molecule has 1 heterocycles. The third kappa shape index (κ3) is 4.98. The lowest BCUT2D eigenvalue weighted by atomic mass is 10.2. The Labute approximate surface area is 161 Å². The molecule has 0 saturated heterocycles. The molecule has 0 aliphatic heterocycles. The van der Waals surface area contributed by atoms with Crippen LogP contribution in [-0.2, 0) is 6.42 Å². The normalized spacial score (nSPS) is 11.2. The number of hydrogen-bond donors (Lipinski definition) is 0. The summed E-state index contributed by atoms with van der Waals surface area (Å²) in [6.45, 7) is 7.27. The number of rotatable bonds is 9. The first-order chi connectivity index (χ1) is 12.1. The van der Waals surface area contributed by atoms with Crippen molar-refractivity contribution in [1.82, 2.24) is 14.9 Å². The van der Waals surface area contributed by atoms with Gasteiger partial charge < -0.3 is 9.47 Å². The van der Waals surface area contributed by atoms with Crippen LogP contribution in [0.1, 0.15) is 38.6 Å². The fourth-order valence-corrected chi connectivity index (χ4v) is 3.18. The quantitative estimate of drug-likeness (QED) is 0.439. The molecule has 25 heavy (non-hydrogen) atoms. The summed E-state index contributed by atoms with van der Waals surface area (Å²) in [5.41, 5.74) is 0.905. The van der Waals surface area contributed by atoms with E-state index in [-0.39, 0.29) is 0 Å². The second kappa shape index (κ2) is 9.82. The van der Waals surface area contributed by atoms with Gasteiger partial charge in [-0.15, -0.1) is 10.2 Å². The van der Waals surface area contributed by atoms with Crippen LogP contribution in [0.25, 0.3) is 0 Å². The number of hydrogen-bond acceptors (Lipinski definition) is 6. The van der Waals surface area contributed by atoms with E-state index in [0.717, 1.165) is 39.6 Å². The molecule has 8 heteroatoms. The monoisotopic (exact) mass is 426 g/mol. The number of aryl methyl sites for hydroxylation is 1. The lowest BCUT2D eigenvalue weighted by Gasteiger charge is -2.14. The summed E-state index contributed by atoms with van der Waals surface area (Å²) in [4.78, 5) is 0. The summed E-state index contributed by atoms with van der Waals surface area (Å²) in [5, 5.41) is 13.6. The molecule has 0 aliphatic carbocycles. The fourth-order valence-electron chi connectivity index (χ4n) is 2.15. The van der Waals surface area contributed by atoms with E-state index in [0.29, 0.717) is 19.0 Å². The Hall–Kier alpha value is -1.54. The molecule has 0 bridgehead atoms. The number of aromatic nitrogens is 3. The molecule has 0 amide bonds. The van der Waals surface area contributed by atoms with Crippen molar-refractivity contribution in [3.63, 3.8) is 0 Å². The molecule has 0 fully saturated rings. The second-order valence-electron chi connectivity index (χ2n) is 5.12. The minimum absolute atomic E-state index is 0.567. The van der Waals surface area contributed by atoms with Gasteiger partial charge in [-0.1, -0.05) is 25.6 Å². The predicted molar refractivity (Wildman–Crippen MR) is 105 cm³/mol. The topological polar surface area (TPSA) is 61.5 Å². The molecule has 1 aromatic heterocycles. The summed E-state index contributed by atoms with van der Waals surface area (Å²) < 4.78 is 14.1. The third-order valence-corrected chi connectivity index (χ3v) is 4.49. The minimum Gasteiger partial charge on any atom is -0.490 e. The van der Waals surface area contributed by atoms with E-state index >= 15 is 0 Å². The van der Waals surface area contributed by atoms with Gasteiger partial charge in [0.25, 0.3) is 0 Å². The second-order valence-corrected chi connectivity index (χ2v) is 6.75. The molecular weight excluding hydrogens is 404 g/mol. The SMILES string of the molecule is CCCOc1c(Br)cc(/C=N\n2c(CC)nnc2SC)cc1OCC. The van der Waals surface area contributed by atoms with Crippen LogP contribution in [0.3, 0.4) is 0 Å². The zero-order valence-corrected chi connectivity index (χ0v) is 17.4. The number of ether oxygens (including phenoxy) is 2. The van der Waals surface area contributed by atoms with Gasteiger partial charge in [0, 0.05) is 6.42 Å². The molecule has 1 aromatic carbocycles. The van der Waals surface area contributed by atoms with Crippen molar-refractivity contribution in [1.29, 1.82) is 0 Å². The molecular formula is C17H23BrN4O2S. The molecule has 0 aliphatic rings. The van der Waals surface area contributed by atoms with Crippen LogP contribution in [0.15, 0.2) is 26.9 Å². The van der Waals surface area contributed by atoms with Crippen LogP contribution < -0.4 is 9.47 Å². The highest BCUT2D eigenvalue weighted by molar-refractivity contribution is 9.10. The largest absolute Gasteiger partial charge is 0.490 e. The van der Waals surface area contributed by atoms with Gasteiger partial charge in [-0.3, -0.25) is 0 Å². The number of thioether (sulfide) groups is 1. The fraction of sp³-hybridized carbons (Fsp3) is 0.471. The molecule has 2 rings (SSSR count). The average Bonchev–Trinajstić information content (AvgIpc) is 3.01. The third-order valence-electron chi connectivity index (χ3n) is 3.28. The van der Waals surface area contributed by atoms with Gasteiger partial charge in [0.2, 0.25) is 5.16 Å². The maximum absolute atomic E-state index is 5.80. The molecule has 0 unspecified atom stereocenters. The number of halogens is 1. The molecule has 6 nitrogen and oxygen atoms in total. The van der Waals surface area contributed by atoms with Gasteiger partial charge in [0.15, 0.2) is 17.3 Å². The minimum atomic E-state index is 0.567. The standard InChI is InChI=1S/C17H23BrN4O2S/c1-5-8-24-16-13(18)9-12(10-14(16)23-7-3)11-19-22-15(6-2)20-21-17(22)25-4/h9-11H,5-8H2,1-4H3/b19-11-. The van der Waals surface area contributed by atoms with Crippen molar-refractivity contribution in [3.05, 3.63) is 28.0 Å². The Morgan fingerprint density at radius 2 is 2.04 bits per heavy atom. The highest BCUT2D eigenvalue weighted by Gasteiger charge is 2.12. The lowest BCUT2D eigenvalue weighted by molar-refractivity contribution is 0.275. The zero-order chi connectivity index (χ0) is 18.2. The van der Waals surface area contributed by atoms with E-state index in [1.165, 1.54) is 11.8 Å². The van der Waals surface area contributed by atoms with Gasteiger partial charge in [0.05, 0.1) is 23.9 Å². The molecule has 136 valence electrons. The van der Waals surface area contributed by atoms with E-state index in [9.17, 15) is 0 Å². The Balaban J connectivity index is 2.35. The smallest absolute Gasteiger partial charge is 0.211 e. The average molecular weight is 427 g/mol. The molecule has 0 radical (unpaired) electrons. The molecule has 0 spiro atoms. The van der Waals surface area contributed by atoms with Crippen LogP contribution >= 0.6 is 27.7 Å². The zero-order valence-electron chi connectivity index (χ0n) is 15.0. The summed E-state index contributed by atoms with van der Waals surface area (Å²) in [7, 11) is 0. The number of benzene rings is 1. The molecule has 2 aromatic rings. The van der Waals surface area contributed by atoms with Gasteiger partial charge in [-0.2, -0.15) is 9.78 Å². The lowest BCUT2D eigenvalue weighted by Crippen LogP contribution is -2.02. The first-order valence-electron chi connectivity index (χ1n) is 8.26. The summed E-state index contributed by atoms with van der Waals surface area (Å²) in [5.74, 6) is 2.26. The molecule has 0 N–H and O–H groups in total. The summed E-state index contributed by atoms with van der Waals surface area (Å²) in [6, 6.07) is 3.89. The van der Waals surface area contributed by atoms with Crippen LogP contribution in [-0.4, -0.2) is 40.6 Å². The van der Waals surface area contributed by atoms with Crippen molar-refractivity contribution < 1.29 is 9.47 Å². The van der Waals surface area contributed by atoms with Crippen molar-refractivity contribution in [3.8, 4) is 11.5 Å². The van der Waals surface area contributed by atoms with Crippen molar-refractivity contribution in [2.24, 2.45) is 5.10 Å². The van der Waals surface area contributed by atoms with E-state index in [4.69, 9.17) is 9.47 Å². The van der Waals surface area contributed by atoms with Gasteiger partial charge in [-0.25, -0.2) is 0 Å². The van der Waals surface area contributed by atoms with Crippen LogP contribution in [0.4, 0.5) is 0 Å². The Morgan fingerprint density at radius 3 is 2.68 bits per heavy atom. The highest BCUT2D eigenvalue weighted by Crippen LogP contribution is 2.36. The van der Waals surface area contributed by atoms with E-state index in [1.807, 2.05) is 32.2 Å². The predicted octanol–water partition coefficient (Wildman–Crippen LogP) is 4.39. The molecule has 0 atom stereocenters. The maximum atomic E-state index is 5.80. The van der Waals surface area contributed by atoms with Crippen LogP contribution in [0, 0.1) is 0 Å². The van der Waals surface area contributed by atoms with Crippen molar-refractivity contribution in [2.75, 3.05) is 19.5 Å². The van der Waals surface area contributed by atoms with Crippen LogP contribution in [0.2, 0.25) is 0 Å². The van der Waals surface area contributed by atoms with Gasteiger partial charge in [0.1, 0.15) is 0 Å². The van der Waals surface area contributed by atoms with Gasteiger partial charge in [-0.05, 0) is 53.2 Å². The van der Waals surface area contributed by atoms with Crippen molar-refractivity contribution >= 4 is 33.9 Å². The Bertz CT molecular complexity index is 712. The first-order valence-corrected chi connectivity index (χ1v) is 10.3. The van der Waals surface area contributed by atoms with E-state index in [2.05, 4.69) is 38.2 Å². The highest BCUT2D eigenvalue weighted by atomic mass is 79.9. The maximum Gasteiger partial charge on any atom is 0.211 e. The Kier molecular flexibility index (Phi) is 7.77. The van der Waals surface area contributed by atoms with Crippen LogP contribution in [0.5, 0.6) is 11.5 Å². The number of nitrogens with zero attached hydrogens (tertiary/aromatic N) is 4. The van der Waals surface area contributed by atoms with E-state index in [1.54, 1.807) is 10.9 Å². The first kappa shape index (κ1) is 19.8. The Morgan fingerprint density at radius 1 is 1.24 bits per heavy atom. The van der Waals surface area contributed by atoms with Crippen molar-refractivity contribution in [2.45, 2.75) is 38.8 Å². The van der Waals surface area contributed by atoms with Gasteiger partial charge >= 0.3 is 0 Å². The van der Waals surface area contributed by atoms with E-state index < -0.39 is 0 Å². The summed E-state index contributed by atoms with van der Waals surface area (Å²) in [6.07, 6.45) is 5.44.